The van der Waals surface area contributed by atoms with Crippen molar-refractivity contribution < 1.29 is 22.1 Å². The first-order chi connectivity index (χ1) is 8.75. The van der Waals surface area contributed by atoms with Crippen LogP contribution in [0.25, 0.3) is 0 Å². The van der Waals surface area contributed by atoms with Crippen molar-refractivity contribution >= 4 is 0 Å². The molecule has 19 heavy (non-hydrogen) atoms. The van der Waals surface area contributed by atoms with E-state index in [0.717, 1.165) is 12.8 Å². The quantitative estimate of drug-likeness (QED) is 0.865. The fourth-order valence-corrected chi connectivity index (χ4v) is 2.45. The molecule has 1 saturated carbocycles. The summed E-state index contributed by atoms with van der Waals surface area (Å²) in [4.78, 5) is 3.40. The molecule has 1 aromatic heterocycles. The first kappa shape index (κ1) is 14.2. The number of rotatable bonds is 3. The molecule has 0 aliphatic heterocycles. The highest BCUT2D eigenvalue weighted by atomic mass is 19.3. The molecule has 2 unspecified atom stereocenters. The van der Waals surface area contributed by atoms with Gasteiger partial charge in [0.05, 0.1) is 5.54 Å². The van der Waals surface area contributed by atoms with Gasteiger partial charge in [0.2, 0.25) is 0 Å². The standard InChI is InChI=1S/C11H15F4N3O/c1-6-3-2-4-10(16,5-6)8-17-9(19-18-8)11(14,15)7(12)13/h6-7H,2-5,16H2,1H3. The monoisotopic (exact) mass is 281 g/mol. The first-order valence-electron chi connectivity index (χ1n) is 6.05. The maximum absolute atomic E-state index is 13.1. The molecular formula is C11H15F4N3O. The van der Waals surface area contributed by atoms with Crippen molar-refractivity contribution in [3.8, 4) is 0 Å². The van der Waals surface area contributed by atoms with Crippen molar-refractivity contribution in [3.05, 3.63) is 11.7 Å². The molecule has 1 heterocycles. The van der Waals surface area contributed by atoms with E-state index in [2.05, 4.69) is 14.7 Å². The van der Waals surface area contributed by atoms with Crippen LogP contribution in [0.1, 0.15) is 44.3 Å². The van der Waals surface area contributed by atoms with Gasteiger partial charge in [-0.05, 0) is 18.8 Å². The number of nitrogens with zero attached hydrogens (tertiary/aromatic N) is 2. The molecule has 108 valence electrons. The lowest BCUT2D eigenvalue weighted by molar-refractivity contribution is -0.152. The summed E-state index contributed by atoms with van der Waals surface area (Å²) in [5.41, 5.74) is 5.11. The Morgan fingerprint density at radius 2 is 2.16 bits per heavy atom. The normalized spacial score (nSPS) is 28.9. The van der Waals surface area contributed by atoms with Crippen molar-refractivity contribution in [1.29, 1.82) is 0 Å². The molecule has 0 saturated heterocycles. The van der Waals surface area contributed by atoms with Gasteiger partial charge in [0.25, 0.3) is 0 Å². The Labute approximate surface area is 107 Å². The van der Waals surface area contributed by atoms with E-state index in [1.807, 2.05) is 6.92 Å². The van der Waals surface area contributed by atoms with Crippen LogP contribution in [0.15, 0.2) is 4.52 Å². The van der Waals surface area contributed by atoms with Gasteiger partial charge in [0.1, 0.15) is 0 Å². The second-order valence-corrected chi connectivity index (χ2v) is 5.20. The zero-order valence-electron chi connectivity index (χ0n) is 10.4. The van der Waals surface area contributed by atoms with Crippen molar-refractivity contribution in [2.75, 3.05) is 0 Å². The van der Waals surface area contributed by atoms with E-state index in [-0.39, 0.29) is 5.82 Å². The van der Waals surface area contributed by atoms with Crippen LogP contribution in [0.2, 0.25) is 0 Å². The number of halogens is 4. The lowest BCUT2D eigenvalue weighted by Crippen LogP contribution is -2.42. The number of hydrogen-bond donors (Lipinski definition) is 1. The highest BCUT2D eigenvalue weighted by Crippen LogP contribution is 2.39. The van der Waals surface area contributed by atoms with E-state index < -0.39 is 23.8 Å². The molecular weight excluding hydrogens is 266 g/mol. The Balaban J connectivity index is 2.26. The van der Waals surface area contributed by atoms with E-state index in [0.29, 0.717) is 18.8 Å². The zero-order chi connectivity index (χ0) is 14.3. The van der Waals surface area contributed by atoms with Crippen LogP contribution in [0.5, 0.6) is 0 Å². The average Bonchev–Trinajstić information content (AvgIpc) is 2.78. The lowest BCUT2D eigenvalue weighted by Gasteiger charge is -2.33. The predicted molar refractivity (Wildman–Crippen MR) is 57.7 cm³/mol. The molecule has 2 rings (SSSR count). The number of nitrogens with two attached hydrogens (primary N) is 1. The van der Waals surface area contributed by atoms with Gasteiger partial charge in [-0.1, -0.05) is 24.9 Å². The minimum absolute atomic E-state index is 0.116. The lowest BCUT2D eigenvalue weighted by atomic mass is 9.76. The molecule has 1 aliphatic carbocycles. The summed E-state index contributed by atoms with van der Waals surface area (Å²) in [6, 6.07) is 0. The molecule has 1 aliphatic rings. The van der Waals surface area contributed by atoms with Crippen molar-refractivity contribution in [2.24, 2.45) is 11.7 Å². The summed E-state index contributed by atoms with van der Waals surface area (Å²) in [6.07, 6.45) is -1.05. The minimum atomic E-state index is -4.44. The van der Waals surface area contributed by atoms with E-state index in [4.69, 9.17) is 5.73 Å². The maximum atomic E-state index is 13.1. The third-order valence-electron chi connectivity index (χ3n) is 3.46. The fourth-order valence-electron chi connectivity index (χ4n) is 2.45. The first-order valence-corrected chi connectivity index (χ1v) is 6.05. The van der Waals surface area contributed by atoms with Crippen LogP contribution >= 0.6 is 0 Å². The van der Waals surface area contributed by atoms with Gasteiger partial charge in [-0.25, -0.2) is 8.78 Å². The van der Waals surface area contributed by atoms with Gasteiger partial charge in [-0.2, -0.15) is 13.8 Å². The summed E-state index contributed by atoms with van der Waals surface area (Å²) >= 11 is 0. The Bertz CT molecular complexity index is 451. The van der Waals surface area contributed by atoms with Crippen molar-refractivity contribution in [3.63, 3.8) is 0 Å². The summed E-state index contributed by atoms with van der Waals surface area (Å²) in [5.74, 6) is -5.63. The van der Waals surface area contributed by atoms with Crippen LogP contribution in [-0.2, 0) is 11.5 Å². The largest absolute Gasteiger partial charge is 0.383 e. The fraction of sp³-hybridized carbons (Fsp3) is 0.818. The topological polar surface area (TPSA) is 64.9 Å². The average molecular weight is 281 g/mol. The molecule has 0 radical (unpaired) electrons. The maximum Gasteiger partial charge on any atom is 0.383 e. The van der Waals surface area contributed by atoms with Gasteiger partial charge in [-0.3, -0.25) is 0 Å². The van der Waals surface area contributed by atoms with E-state index in [1.54, 1.807) is 0 Å². The molecule has 1 fully saturated rings. The second kappa shape index (κ2) is 4.73. The van der Waals surface area contributed by atoms with Crippen molar-refractivity contribution in [2.45, 2.75) is 50.5 Å². The minimum Gasteiger partial charge on any atom is -0.332 e. The highest BCUT2D eigenvalue weighted by molar-refractivity contribution is 5.08. The molecule has 2 N–H and O–H groups in total. The Morgan fingerprint density at radius 3 is 2.74 bits per heavy atom. The third kappa shape index (κ3) is 2.58. The number of alkyl halides is 4. The number of hydrogen-bond acceptors (Lipinski definition) is 4. The van der Waals surface area contributed by atoms with Crippen LogP contribution in [-0.4, -0.2) is 16.6 Å². The molecule has 0 spiro atoms. The van der Waals surface area contributed by atoms with Crippen LogP contribution in [0.3, 0.4) is 0 Å². The summed E-state index contributed by atoms with van der Waals surface area (Å²) in [7, 11) is 0. The Hall–Kier alpha value is -1.18. The van der Waals surface area contributed by atoms with Gasteiger partial charge in [-0.15, -0.1) is 0 Å². The SMILES string of the molecule is CC1CCCC(N)(c2noc(C(F)(F)C(F)F)n2)C1. The van der Waals surface area contributed by atoms with E-state index in [9.17, 15) is 17.6 Å². The van der Waals surface area contributed by atoms with Crippen LogP contribution < -0.4 is 5.73 Å². The highest BCUT2D eigenvalue weighted by Gasteiger charge is 2.49. The predicted octanol–water partition coefficient (Wildman–Crippen LogP) is 2.79. The van der Waals surface area contributed by atoms with E-state index in [1.165, 1.54) is 0 Å². The third-order valence-corrected chi connectivity index (χ3v) is 3.46. The molecule has 2 atom stereocenters. The van der Waals surface area contributed by atoms with Gasteiger partial charge < -0.3 is 10.3 Å². The zero-order valence-corrected chi connectivity index (χ0v) is 10.4. The molecule has 0 amide bonds. The van der Waals surface area contributed by atoms with Gasteiger partial charge in [0, 0.05) is 0 Å². The second-order valence-electron chi connectivity index (χ2n) is 5.20. The molecule has 0 bridgehead atoms. The van der Waals surface area contributed by atoms with Gasteiger partial charge >= 0.3 is 18.2 Å². The molecule has 0 aromatic carbocycles. The van der Waals surface area contributed by atoms with Gasteiger partial charge in [0.15, 0.2) is 5.82 Å². The Morgan fingerprint density at radius 1 is 1.47 bits per heavy atom. The smallest absolute Gasteiger partial charge is 0.332 e. The molecule has 8 heteroatoms. The number of aromatic nitrogens is 2. The van der Waals surface area contributed by atoms with Crippen LogP contribution in [0, 0.1) is 5.92 Å². The summed E-state index contributed by atoms with van der Waals surface area (Å²) < 4.78 is 54.8. The summed E-state index contributed by atoms with van der Waals surface area (Å²) in [6.45, 7) is 1.98. The summed E-state index contributed by atoms with van der Waals surface area (Å²) in [5, 5.41) is 3.37. The molecule has 1 aromatic rings. The molecule has 4 nitrogen and oxygen atoms in total. The Kier molecular flexibility index (Phi) is 3.55. The van der Waals surface area contributed by atoms with Crippen LogP contribution in [0.4, 0.5) is 17.6 Å². The van der Waals surface area contributed by atoms with E-state index >= 15 is 0 Å². The van der Waals surface area contributed by atoms with Crippen molar-refractivity contribution in [1.82, 2.24) is 10.1 Å².